The second-order valence-corrected chi connectivity index (χ2v) is 6.23. The second kappa shape index (κ2) is 6.04. The summed E-state index contributed by atoms with van der Waals surface area (Å²) in [6.45, 7) is 1.25. The average molecular weight is 362 g/mol. The van der Waals surface area contributed by atoms with E-state index in [9.17, 15) is 9.90 Å². The lowest BCUT2D eigenvalue weighted by Crippen LogP contribution is -2.47. The first-order valence-electron chi connectivity index (χ1n) is 7.14. The monoisotopic (exact) mass is 361 g/mol. The summed E-state index contributed by atoms with van der Waals surface area (Å²) < 4.78 is 0.732. The number of piperidine rings is 1. The van der Waals surface area contributed by atoms with Gasteiger partial charge < -0.3 is 10.0 Å². The number of aromatic nitrogens is 2. The number of anilines is 1. The van der Waals surface area contributed by atoms with Crippen LogP contribution in [0.2, 0.25) is 0 Å². The van der Waals surface area contributed by atoms with Crippen molar-refractivity contribution in [3.8, 4) is 0 Å². The van der Waals surface area contributed by atoms with E-state index in [0.29, 0.717) is 31.9 Å². The molecule has 1 aromatic carbocycles. The molecular formula is C16H16BrN3O2. The van der Waals surface area contributed by atoms with E-state index in [-0.39, 0.29) is 0 Å². The number of halogens is 1. The molecule has 0 saturated carbocycles. The predicted octanol–water partition coefficient (Wildman–Crippen LogP) is 2.86. The number of carbonyl (C=O) groups is 1. The van der Waals surface area contributed by atoms with E-state index >= 15 is 0 Å². The zero-order chi connectivity index (χ0) is 15.6. The van der Waals surface area contributed by atoms with Crippen molar-refractivity contribution in [1.82, 2.24) is 9.97 Å². The van der Waals surface area contributed by atoms with Gasteiger partial charge in [0.1, 0.15) is 4.60 Å². The number of hydrogen-bond acceptors (Lipinski definition) is 4. The van der Waals surface area contributed by atoms with Crippen molar-refractivity contribution < 1.29 is 9.90 Å². The van der Waals surface area contributed by atoms with Crippen LogP contribution in [0.1, 0.15) is 18.4 Å². The summed E-state index contributed by atoms with van der Waals surface area (Å²) in [5.74, 6) is -0.116. The van der Waals surface area contributed by atoms with Crippen molar-refractivity contribution in [3.05, 3.63) is 52.8 Å². The zero-order valence-corrected chi connectivity index (χ0v) is 13.5. The molecule has 3 rings (SSSR count). The van der Waals surface area contributed by atoms with Gasteiger partial charge in [0.05, 0.1) is 5.41 Å². The minimum atomic E-state index is -0.816. The predicted molar refractivity (Wildman–Crippen MR) is 86.9 cm³/mol. The van der Waals surface area contributed by atoms with Crippen molar-refractivity contribution in [1.29, 1.82) is 0 Å². The Kier molecular flexibility index (Phi) is 4.11. The van der Waals surface area contributed by atoms with Crippen molar-refractivity contribution in [2.75, 3.05) is 18.0 Å². The standard InChI is InChI=1S/C16H16BrN3O2/c17-13-6-9-18-15(19-13)20-10-7-16(8-11-20,14(21)22)12-4-2-1-3-5-12/h1-6,9H,7-8,10-11H2,(H,21,22). The molecule has 0 bridgehead atoms. The highest BCUT2D eigenvalue weighted by atomic mass is 79.9. The van der Waals surface area contributed by atoms with E-state index in [1.54, 1.807) is 12.3 Å². The van der Waals surface area contributed by atoms with Gasteiger partial charge in [0.25, 0.3) is 0 Å². The topological polar surface area (TPSA) is 66.3 Å². The van der Waals surface area contributed by atoms with Crippen LogP contribution in [0, 0.1) is 0 Å². The molecule has 1 aromatic heterocycles. The third-order valence-corrected chi connectivity index (χ3v) is 4.69. The van der Waals surface area contributed by atoms with Crippen LogP contribution in [-0.4, -0.2) is 34.1 Å². The molecule has 1 N–H and O–H groups in total. The Morgan fingerprint density at radius 1 is 1.18 bits per heavy atom. The van der Waals surface area contributed by atoms with Gasteiger partial charge in [-0.3, -0.25) is 4.79 Å². The highest BCUT2D eigenvalue weighted by Crippen LogP contribution is 2.36. The van der Waals surface area contributed by atoms with E-state index in [1.165, 1.54) is 0 Å². The summed E-state index contributed by atoms with van der Waals surface area (Å²) >= 11 is 3.34. The fourth-order valence-electron chi connectivity index (χ4n) is 2.95. The molecule has 6 heteroatoms. The van der Waals surface area contributed by atoms with Gasteiger partial charge in [-0.05, 0) is 40.4 Å². The van der Waals surface area contributed by atoms with Gasteiger partial charge >= 0.3 is 5.97 Å². The number of nitrogens with zero attached hydrogens (tertiary/aromatic N) is 3. The zero-order valence-electron chi connectivity index (χ0n) is 11.9. The van der Waals surface area contributed by atoms with Crippen LogP contribution in [0.3, 0.4) is 0 Å². The molecule has 0 unspecified atom stereocenters. The molecule has 5 nitrogen and oxygen atoms in total. The first-order valence-corrected chi connectivity index (χ1v) is 7.93. The summed E-state index contributed by atoms with van der Waals surface area (Å²) in [7, 11) is 0. The Morgan fingerprint density at radius 3 is 2.45 bits per heavy atom. The van der Waals surface area contributed by atoms with Crippen molar-refractivity contribution in [3.63, 3.8) is 0 Å². The van der Waals surface area contributed by atoms with Crippen LogP contribution < -0.4 is 4.90 Å². The minimum Gasteiger partial charge on any atom is -0.481 e. The molecule has 1 aliphatic heterocycles. The quantitative estimate of drug-likeness (QED) is 0.851. The lowest BCUT2D eigenvalue weighted by molar-refractivity contribution is -0.144. The molecule has 2 heterocycles. The van der Waals surface area contributed by atoms with E-state index in [2.05, 4.69) is 25.9 Å². The fourth-order valence-corrected chi connectivity index (χ4v) is 3.23. The minimum absolute atomic E-state index is 0.544. The van der Waals surface area contributed by atoms with Gasteiger partial charge in [0, 0.05) is 19.3 Å². The number of carboxylic acids is 1. The molecule has 0 aliphatic carbocycles. The molecule has 1 saturated heterocycles. The number of hydrogen-bond donors (Lipinski definition) is 1. The summed E-state index contributed by atoms with van der Waals surface area (Å²) in [5, 5.41) is 9.79. The van der Waals surface area contributed by atoms with Gasteiger partial charge in [0.2, 0.25) is 5.95 Å². The Labute approximate surface area is 137 Å². The highest BCUT2D eigenvalue weighted by Gasteiger charge is 2.43. The van der Waals surface area contributed by atoms with Crippen LogP contribution in [0.4, 0.5) is 5.95 Å². The molecule has 1 aliphatic rings. The fraction of sp³-hybridized carbons (Fsp3) is 0.312. The Morgan fingerprint density at radius 2 is 1.86 bits per heavy atom. The van der Waals surface area contributed by atoms with Crippen LogP contribution in [0.15, 0.2) is 47.2 Å². The number of aliphatic carboxylic acids is 1. The average Bonchev–Trinajstić information content (AvgIpc) is 2.55. The Balaban J connectivity index is 1.83. The molecule has 2 aromatic rings. The molecule has 0 amide bonds. The van der Waals surface area contributed by atoms with Gasteiger partial charge in [-0.25, -0.2) is 9.97 Å². The van der Waals surface area contributed by atoms with E-state index < -0.39 is 11.4 Å². The summed E-state index contributed by atoms with van der Waals surface area (Å²) in [6, 6.07) is 11.3. The lowest BCUT2D eigenvalue weighted by Gasteiger charge is -2.39. The van der Waals surface area contributed by atoms with Crippen molar-refractivity contribution >= 4 is 27.8 Å². The van der Waals surface area contributed by atoms with Crippen LogP contribution in [0.5, 0.6) is 0 Å². The maximum absolute atomic E-state index is 11.9. The van der Waals surface area contributed by atoms with Crippen molar-refractivity contribution in [2.24, 2.45) is 0 Å². The second-order valence-electron chi connectivity index (χ2n) is 5.42. The van der Waals surface area contributed by atoms with Crippen LogP contribution >= 0.6 is 15.9 Å². The van der Waals surface area contributed by atoms with Crippen molar-refractivity contribution in [2.45, 2.75) is 18.3 Å². The third kappa shape index (κ3) is 2.70. The first-order chi connectivity index (χ1) is 10.6. The van der Waals surface area contributed by atoms with Gasteiger partial charge in [-0.2, -0.15) is 0 Å². The molecule has 0 radical (unpaired) electrons. The number of rotatable bonds is 3. The third-order valence-electron chi connectivity index (χ3n) is 4.24. The summed E-state index contributed by atoms with van der Waals surface area (Å²) in [6.07, 6.45) is 2.78. The van der Waals surface area contributed by atoms with Gasteiger partial charge in [-0.15, -0.1) is 0 Å². The van der Waals surface area contributed by atoms with Crippen LogP contribution in [0.25, 0.3) is 0 Å². The maximum Gasteiger partial charge on any atom is 0.314 e. The Bertz CT molecular complexity index is 670. The lowest BCUT2D eigenvalue weighted by atomic mass is 9.73. The molecule has 0 spiro atoms. The maximum atomic E-state index is 11.9. The number of benzene rings is 1. The van der Waals surface area contributed by atoms with E-state index in [4.69, 9.17) is 0 Å². The molecule has 0 atom stereocenters. The normalized spacial score (nSPS) is 17.2. The van der Waals surface area contributed by atoms with Gasteiger partial charge in [0.15, 0.2) is 0 Å². The summed E-state index contributed by atoms with van der Waals surface area (Å²) in [4.78, 5) is 22.6. The Hall–Kier alpha value is -1.95. The van der Waals surface area contributed by atoms with Gasteiger partial charge in [-0.1, -0.05) is 30.3 Å². The van der Waals surface area contributed by atoms with E-state index in [1.807, 2.05) is 35.2 Å². The highest BCUT2D eigenvalue weighted by molar-refractivity contribution is 9.10. The molecule has 22 heavy (non-hydrogen) atoms. The summed E-state index contributed by atoms with van der Waals surface area (Å²) in [5.41, 5.74) is 0.0568. The molecule has 114 valence electrons. The number of carboxylic acid groups (broad SMARTS) is 1. The SMILES string of the molecule is O=C(O)C1(c2ccccc2)CCN(c2nccc(Br)n2)CC1. The molecular weight excluding hydrogens is 346 g/mol. The molecule has 1 fully saturated rings. The first kappa shape index (κ1) is 15.0. The van der Waals surface area contributed by atoms with E-state index in [0.717, 1.165) is 10.2 Å². The van der Waals surface area contributed by atoms with Crippen LogP contribution in [-0.2, 0) is 10.2 Å². The largest absolute Gasteiger partial charge is 0.481 e. The smallest absolute Gasteiger partial charge is 0.314 e.